The second-order valence-electron chi connectivity index (χ2n) is 15.9. The standard InChI is InChI=1S/C52H82NO9P/c1-6-8-10-12-14-16-18-20-21-22-23-24-25-27-29-31-33-35-39-44-52(56)62-50(48-61-63(57,58)60-46-45-53(3,4)5)47-59-51(55)43-40-36-38-42-49(54)41-37-34-32-30-28-26-19-17-15-13-11-9-7-2/h8-11,14-17,20-21,23-24,26-29,32,34,36-38,41,49-50,54H,6-7,12-13,18-19,22,25,30-31,33,35,39-40,42-48H2,1-5H3/p+1/b10-8-,11-9-,16-14-,17-15-,21-20-,24-23-,28-26-,29-27-,34-32-,38-36-,41-37-/t49?,50-/m1/s1. The molecule has 0 rings (SSSR count). The molecule has 0 amide bonds. The summed E-state index contributed by atoms with van der Waals surface area (Å²) in [5.74, 6) is -1.03. The van der Waals surface area contributed by atoms with E-state index in [1.165, 1.54) is 0 Å². The van der Waals surface area contributed by atoms with Crippen molar-refractivity contribution in [2.75, 3.05) is 47.5 Å². The summed E-state index contributed by atoms with van der Waals surface area (Å²) in [5, 5.41) is 10.2. The van der Waals surface area contributed by atoms with E-state index < -0.39 is 38.6 Å². The van der Waals surface area contributed by atoms with Gasteiger partial charge in [0.15, 0.2) is 6.10 Å². The van der Waals surface area contributed by atoms with Gasteiger partial charge in [0.1, 0.15) is 19.8 Å². The molecule has 0 radical (unpaired) electrons. The number of likely N-dealkylation sites (N-methyl/N-ethyl adjacent to an activating group) is 1. The first-order valence-corrected chi connectivity index (χ1v) is 24.5. The molecule has 0 fully saturated rings. The lowest BCUT2D eigenvalue weighted by Gasteiger charge is -2.24. The molecule has 0 aliphatic rings. The Hall–Kier alpha value is -3.89. The summed E-state index contributed by atoms with van der Waals surface area (Å²) in [5.41, 5.74) is 0. The van der Waals surface area contributed by atoms with Crippen molar-refractivity contribution in [2.45, 2.75) is 135 Å². The molecular formula is C52H83NO9P+. The Morgan fingerprint density at radius 3 is 1.62 bits per heavy atom. The minimum atomic E-state index is -4.44. The summed E-state index contributed by atoms with van der Waals surface area (Å²) in [4.78, 5) is 35.4. The fourth-order valence-electron chi connectivity index (χ4n) is 5.21. The molecule has 0 bridgehead atoms. The van der Waals surface area contributed by atoms with Crippen LogP contribution in [-0.2, 0) is 32.7 Å². The fourth-order valence-corrected chi connectivity index (χ4v) is 5.95. The molecule has 11 heteroatoms. The summed E-state index contributed by atoms with van der Waals surface area (Å²) in [7, 11) is 1.33. The summed E-state index contributed by atoms with van der Waals surface area (Å²) in [6.07, 6.45) is 56.8. The van der Waals surface area contributed by atoms with Gasteiger partial charge in [-0.3, -0.25) is 18.6 Å². The number of allylic oxidation sites excluding steroid dienone is 20. The average Bonchev–Trinajstić information content (AvgIpc) is 3.23. The van der Waals surface area contributed by atoms with Crippen molar-refractivity contribution in [3.8, 4) is 0 Å². The molecule has 3 atom stereocenters. The van der Waals surface area contributed by atoms with Gasteiger partial charge >= 0.3 is 19.8 Å². The highest BCUT2D eigenvalue weighted by Crippen LogP contribution is 2.43. The third-order valence-electron chi connectivity index (χ3n) is 8.77. The Balaban J connectivity index is 4.64. The minimum absolute atomic E-state index is 0.0114. The summed E-state index contributed by atoms with van der Waals surface area (Å²) < 4.78 is 34.1. The number of phosphoric ester groups is 1. The van der Waals surface area contributed by atoms with E-state index in [2.05, 4.69) is 111 Å². The molecule has 0 aliphatic carbocycles. The normalized spacial score (nSPS) is 15.2. The Morgan fingerprint density at radius 2 is 1.08 bits per heavy atom. The lowest BCUT2D eigenvalue weighted by molar-refractivity contribution is -0.870. The Kier molecular flexibility index (Phi) is 39.5. The summed E-state index contributed by atoms with van der Waals surface area (Å²) >= 11 is 0. The van der Waals surface area contributed by atoms with Gasteiger partial charge in [-0.15, -0.1) is 0 Å². The molecule has 0 heterocycles. The van der Waals surface area contributed by atoms with Gasteiger partial charge in [0.2, 0.25) is 0 Å². The number of unbranched alkanes of at least 4 members (excludes halogenated alkanes) is 3. The van der Waals surface area contributed by atoms with Crippen LogP contribution in [0.5, 0.6) is 0 Å². The third kappa shape index (κ3) is 45.9. The van der Waals surface area contributed by atoms with Crippen LogP contribution in [0, 0.1) is 0 Å². The van der Waals surface area contributed by atoms with Crippen LogP contribution in [0.1, 0.15) is 123 Å². The smallest absolute Gasteiger partial charge is 0.462 e. The molecule has 10 nitrogen and oxygen atoms in total. The number of esters is 2. The maximum absolute atomic E-state index is 12.7. The van der Waals surface area contributed by atoms with Gasteiger partial charge in [0, 0.05) is 12.8 Å². The van der Waals surface area contributed by atoms with Gasteiger partial charge in [-0.25, -0.2) is 4.57 Å². The second kappa shape index (κ2) is 42.1. The molecule has 0 aromatic carbocycles. The van der Waals surface area contributed by atoms with Crippen LogP contribution in [0.25, 0.3) is 0 Å². The summed E-state index contributed by atoms with van der Waals surface area (Å²) in [6.45, 7) is 3.91. The fraction of sp³-hybridized carbons (Fsp3) is 0.538. The van der Waals surface area contributed by atoms with E-state index in [1.807, 2.05) is 39.4 Å². The lowest BCUT2D eigenvalue weighted by Crippen LogP contribution is -2.37. The molecule has 0 saturated heterocycles. The van der Waals surface area contributed by atoms with Gasteiger partial charge in [0.05, 0.1) is 33.9 Å². The molecule has 63 heavy (non-hydrogen) atoms. The first-order valence-electron chi connectivity index (χ1n) is 23.0. The highest BCUT2D eigenvalue weighted by Gasteiger charge is 2.27. The van der Waals surface area contributed by atoms with Crippen LogP contribution in [0.15, 0.2) is 134 Å². The number of rotatable bonds is 39. The van der Waals surface area contributed by atoms with E-state index in [0.29, 0.717) is 30.3 Å². The van der Waals surface area contributed by atoms with E-state index >= 15 is 0 Å². The van der Waals surface area contributed by atoms with Crippen LogP contribution in [-0.4, -0.2) is 86.1 Å². The third-order valence-corrected chi connectivity index (χ3v) is 9.75. The number of aliphatic hydroxyl groups is 1. The van der Waals surface area contributed by atoms with Crippen molar-refractivity contribution in [1.82, 2.24) is 0 Å². The lowest BCUT2D eigenvalue weighted by atomic mass is 10.1. The number of carbonyl (C=O) groups excluding carboxylic acids is 2. The molecule has 2 unspecified atom stereocenters. The number of quaternary nitrogens is 1. The highest BCUT2D eigenvalue weighted by molar-refractivity contribution is 7.47. The zero-order chi connectivity index (χ0) is 46.5. The quantitative estimate of drug-likeness (QED) is 0.0155. The predicted molar refractivity (Wildman–Crippen MR) is 262 cm³/mol. The molecule has 2 N–H and O–H groups in total. The Labute approximate surface area is 382 Å². The van der Waals surface area contributed by atoms with Crippen LogP contribution in [0.3, 0.4) is 0 Å². The van der Waals surface area contributed by atoms with E-state index in [4.69, 9.17) is 18.5 Å². The average molecular weight is 897 g/mol. The van der Waals surface area contributed by atoms with Crippen LogP contribution in [0.4, 0.5) is 0 Å². The maximum Gasteiger partial charge on any atom is 0.472 e. The van der Waals surface area contributed by atoms with Crippen molar-refractivity contribution < 1.29 is 47.2 Å². The molecule has 0 aliphatic heterocycles. The summed E-state index contributed by atoms with van der Waals surface area (Å²) in [6, 6.07) is 0. The molecule has 354 valence electrons. The second-order valence-corrected chi connectivity index (χ2v) is 17.3. The molecule has 0 aromatic heterocycles. The zero-order valence-corrected chi connectivity index (χ0v) is 40.2. The van der Waals surface area contributed by atoms with Gasteiger partial charge in [-0.05, 0) is 89.9 Å². The number of nitrogens with zero attached hydrogens (tertiary/aromatic N) is 1. The minimum Gasteiger partial charge on any atom is -0.462 e. The predicted octanol–water partition coefficient (Wildman–Crippen LogP) is 12.4. The zero-order valence-electron chi connectivity index (χ0n) is 39.4. The number of ether oxygens (including phenoxy) is 2. The molecule has 0 aromatic rings. The Morgan fingerprint density at radius 1 is 0.571 bits per heavy atom. The van der Waals surface area contributed by atoms with Crippen LogP contribution >= 0.6 is 7.82 Å². The maximum atomic E-state index is 12.7. The topological polar surface area (TPSA) is 129 Å². The largest absolute Gasteiger partial charge is 0.472 e. The van der Waals surface area contributed by atoms with Gasteiger partial charge in [-0.2, -0.15) is 0 Å². The molecule has 0 saturated carbocycles. The van der Waals surface area contributed by atoms with Gasteiger partial charge in [0.25, 0.3) is 0 Å². The van der Waals surface area contributed by atoms with Crippen molar-refractivity contribution in [3.63, 3.8) is 0 Å². The number of hydrogen-bond donors (Lipinski definition) is 2. The highest BCUT2D eigenvalue weighted by atomic mass is 31.2. The van der Waals surface area contributed by atoms with Crippen LogP contribution < -0.4 is 0 Å². The van der Waals surface area contributed by atoms with E-state index in [0.717, 1.165) is 77.0 Å². The SMILES string of the molecule is CC/C=C\C/C=C\C/C=C\C/C=C\C=C/C(O)C/C=C\CCC(=O)OC[C@H](COP(=O)(O)OCC[N+](C)(C)C)OC(=O)CCCCC/C=C\C/C=C\C/C=C\C/C=C\C/C=C\CC. The molecular weight excluding hydrogens is 814 g/mol. The van der Waals surface area contributed by atoms with Crippen LogP contribution in [0.2, 0.25) is 0 Å². The number of aliphatic hydroxyl groups excluding tert-OH is 1. The van der Waals surface area contributed by atoms with Crippen molar-refractivity contribution in [2.24, 2.45) is 0 Å². The number of phosphoric acid groups is 1. The van der Waals surface area contributed by atoms with Crippen molar-refractivity contribution in [1.29, 1.82) is 0 Å². The van der Waals surface area contributed by atoms with Crippen molar-refractivity contribution in [3.05, 3.63) is 134 Å². The van der Waals surface area contributed by atoms with Gasteiger partial charge < -0.3 is 24.0 Å². The Bertz CT molecular complexity index is 1540. The van der Waals surface area contributed by atoms with Gasteiger partial charge in [-0.1, -0.05) is 154 Å². The van der Waals surface area contributed by atoms with E-state index in [-0.39, 0.29) is 26.1 Å². The number of hydrogen-bond acceptors (Lipinski definition) is 8. The van der Waals surface area contributed by atoms with E-state index in [1.54, 1.807) is 18.2 Å². The monoisotopic (exact) mass is 897 g/mol. The number of carbonyl (C=O) groups is 2. The van der Waals surface area contributed by atoms with E-state index in [9.17, 15) is 24.2 Å². The van der Waals surface area contributed by atoms with Crippen molar-refractivity contribution >= 4 is 19.8 Å². The molecule has 0 spiro atoms. The first kappa shape index (κ1) is 59.1. The first-order chi connectivity index (χ1) is 30.4.